The number of fused-ring (bicyclic) bond motifs is 1. The minimum Gasteiger partial charge on any atom is -0.352 e. The second kappa shape index (κ2) is 3.96. The normalized spacial score (nSPS) is 12.7. The van der Waals surface area contributed by atoms with Gasteiger partial charge in [0.2, 0.25) is 6.41 Å². The molecule has 0 radical (unpaired) electrons. The lowest BCUT2D eigenvalue weighted by molar-refractivity contribution is -0.110. The molecule has 2 aromatic rings. The van der Waals surface area contributed by atoms with Crippen LogP contribution in [0.3, 0.4) is 0 Å². The van der Waals surface area contributed by atoms with E-state index in [-0.39, 0.29) is 6.04 Å². The third-order valence-corrected chi connectivity index (χ3v) is 2.88. The van der Waals surface area contributed by atoms with Gasteiger partial charge in [-0.25, -0.2) is 0 Å². The van der Waals surface area contributed by atoms with Crippen molar-refractivity contribution in [3.8, 4) is 0 Å². The number of hydrogen-bond acceptors (Lipinski definition) is 2. The summed E-state index contributed by atoms with van der Waals surface area (Å²) in [6.45, 7) is 3.95. The Morgan fingerprint density at radius 2 is 2.25 bits per heavy atom. The molecule has 1 N–H and O–H groups in total. The molecule has 84 valence electrons. The van der Waals surface area contributed by atoms with Crippen molar-refractivity contribution in [1.29, 1.82) is 0 Å². The standard InChI is InChI=1S/C12H15N3O/c1-8(13-7-16)10-4-5-12-11(6-10)9(2)14-15(12)3/h4-8H,1-3H3,(H,13,16). The highest BCUT2D eigenvalue weighted by Gasteiger charge is 2.08. The number of hydrogen-bond donors (Lipinski definition) is 1. The van der Waals surface area contributed by atoms with E-state index in [4.69, 9.17) is 0 Å². The predicted octanol–water partition coefficient (Wildman–Crippen LogP) is 1.69. The first-order chi connectivity index (χ1) is 7.63. The molecule has 0 aliphatic rings. The number of aromatic nitrogens is 2. The molecule has 0 bridgehead atoms. The van der Waals surface area contributed by atoms with Crippen LogP contribution in [0.4, 0.5) is 0 Å². The van der Waals surface area contributed by atoms with Gasteiger partial charge >= 0.3 is 0 Å². The van der Waals surface area contributed by atoms with E-state index in [1.807, 2.05) is 37.7 Å². The van der Waals surface area contributed by atoms with Gasteiger partial charge in [0.1, 0.15) is 0 Å². The highest BCUT2D eigenvalue weighted by Crippen LogP contribution is 2.22. The van der Waals surface area contributed by atoms with E-state index in [0.717, 1.165) is 28.6 Å². The number of carbonyl (C=O) groups is 1. The first kappa shape index (κ1) is 10.7. The summed E-state index contributed by atoms with van der Waals surface area (Å²) < 4.78 is 1.87. The van der Waals surface area contributed by atoms with Gasteiger partial charge in [-0.3, -0.25) is 9.48 Å². The molecule has 0 saturated carbocycles. The summed E-state index contributed by atoms with van der Waals surface area (Å²) in [6, 6.07) is 6.17. The number of carbonyl (C=O) groups excluding carboxylic acids is 1. The maximum atomic E-state index is 10.4. The van der Waals surface area contributed by atoms with E-state index >= 15 is 0 Å². The molecular weight excluding hydrogens is 202 g/mol. The summed E-state index contributed by atoms with van der Waals surface area (Å²) in [4.78, 5) is 10.4. The Morgan fingerprint density at radius 1 is 1.50 bits per heavy atom. The minimum absolute atomic E-state index is 0.0292. The van der Waals surface area contributed by atoms with Crippen molar-refractivity contribution in [3.05, 3.63) is 29.5 Å². The van der Waals surface area contributed by atoms with Crippen LogP contribution in [-0.4, -0.2) is 16.2 Å². The highest BCUT2D eigenvalue weighted by molar-refractivity contribution is 5.82. The molecule has 1 aromatic heterocycles. The molecule has 1 atom stereocenters. The van der Waals surface area contributed by atoms with Crippen LogP contribution < -0.4 is 5.32 Å². The van der Waals surface area contributed by atoms with Crippen molar-refractivity contribution in [3.63, 3.8) is 0 Å². The first-order valence-electron chi connectivity index (χ1n) is 5.26. The van der Waals surface area contributed by atoms with Crippen molar-refractivity contribution in [1.82, 2.24) is 15.1 Å². The average Bonchev–Trinajstić information content (AvgIpc) is 2.55. The molecule has 16 heavy (non-hydrogen) atoms. The summed E-state index contributed by atoms with van der Waals surface area (Å²) in [5, 5.41) is 8.25. The van der Waals surface area contributed by atoms with Gasteiger partial charge < -0.3 is 5.32 Å². The molecule has 0 aliphatic carbocycles. The van der Waals surface area contributed by atoms with Gasteiger partial charge in [0.25, 0.3) is 0 Å². The number of benzene rings is 1. The molecule has 1 aromatic carbocycles. The van der Waals surface area contributed by atoms with Gasteiger partial charge in [-0.15, -0.1) is 0 Å². The molecule has 0 spiro atoms. The first-order valence-corrected chi connectivity index (χ1v) is 5.26. The van der Waals surface area contributed by atoms with E-state index in [1.54, 1.807) is 0 Å². The molecule has 1 heterocycles. The molecule has 0 saturated heterocycles. The zero-order chi connectivity index (χ0) is 11.7. The summed E-state index contributed by atoms with van der Waals surface area (Å²) in [6.07, 6.45) is 0.727. The third kappa shape index (κ3) is 1.66. The third-order valence-electron chi connectivity index (χ3n) is 2.88. The van der Waals surface area contributed by atoms with Crippen LogP contribution in [0.25, 0.3) is 10.9 Å². The molecule has 1 amide bonds. The fraction of sp³-hybridized carbons (Fsp3) is 0.333. The lowest BCUT2D eigenvalue weighted by Gasteiger charge is -2.10. The molecule has 0 fully saturated rings. The lowest BCUT2D eigenvalue weighted by atomic mass is 10.1. The Morgan fingerprint density at radius 3 is 2.94 bits per heavy atom. The maximum Gasteiger partial charge on any atom is 0.207 e. The Balaban J connectivity index is 2.51. The van der Waals surface area contributed by atoms with Gasteiger partial charge in [-0.2, -0.15) is 5.10 Å². The van der Waals surface area contributed by atoms with Gasteiger partial charge in [-0.05, 0) is 31.5 Å². The van der Waals surface area contributed by atoms with E-state index < -0.39 is 0 Å². The smallest absolute Gasteiger partial charge is 0.207 e. The second-order valence-electron chi connectivity index (χ2n) is 3.99. The highest BCUT2D eigenvalue weighted by atomic mass is 16.1. The molecule has 0 aliphatic heterocycles. The van der Waals surface area contributed by atoms with E-state index in [0.29, 0.717) is 0 Å². The summed E-state index contributed by atoms with van der Waals surface area (Å²) in [5.41, 5.74) is 3.22. The molecular formula is C12H15N3O. The van der Waals surface area contributed by atoms with Crippen molar-refractivity contribution in [2.75, 3.05) is 0 Å². The van der Waals surface area contributed by atoms with Crippen LogP contribution >= 0.6 is 0 Å². The van der Waals surface area contributed by atoms with Gasteiger partial charge in [-0.1, -0.05) is 6.07 Å². The van der Waals surface area contributed by atoms with E-state index in [1.165, 1.54) is 0 Å². The van der Waals surface area contributed by atoms with Crippen LogP contribution in [0.1, 0.15) is 24.2 Å². The van der Waals surface area contributed by atoms with Crippen molar-refractivity contribution in [2.45, 2.75) is 19.9 Å². The monoisotopic (exact) mass is 217 g/mol. The van der Waals surface area contributed by atoms with Crippen LogP contribution in [0.5, 0.6) is 0 Å². The van der Waals surface area contributed by atoms with Crippen LogP contribution in [-0.2, 0) is 11.8 Å². The Kier molecular flexibility index (Phi) is 2.64. The lowest BCUT2D eigenvalue weighted by Crippen LogP contribution is -2.15. The molecule has 1 unspecified atom stereocenters. The Hall–Kier alpha value is -1.84. The largest absolute Gasteiger partial charge is 0.352 e. The maximum absolute atomic E-state index is 10.4. The van der Waals surface area contributed by atoms with Gasteiger partial charge in [0, 0.05) is 12.4 Å². The zero-order valence-corrected chi connectivity index (χ0v) is 9.69. The van der Waals surface area contributed by atoms with Crippen molar-refractivity contribution < 1.29 is 4.79 Å². The van der Waals surface area contributed by atoms with Crippen LogP contribution in [0, 0.1) is 6.92 Å². The number of amides is 1. The number of rotatable bonds is 3. The zero-order valence-electron chi connectivity index (χ0n) is 9.69. The summed E-state index contributed by atoms with van der Waals surface area (Å²) >= 11 is 0. The molecule has 4 heteroatoms. The van der Waals surface area contributed by atoms with Gasteiger partial charge in [0.15, 0.2) is 0 Å². The fourth-order valence-corrected chi connectivity index (χ4v) is 1.93. The number of aryl methyl sites for hydroxylation is 2. The number of nitrogens with one attached hydrogen (secondary N) is 1. The SMILES string of the molecule is Cc1nn(C)c2ccc(C(C)NC=O)cc12. The van der Waals surface area contributed by atoms with Crippen LogP contribution in [0.2, 0.25) is 0 Å². The Labute approximate surface area is 94.3 Å². The van der Waals surface area contributed by atoms with Crippen molar-refractivity contribution in [2.24, 2.45) is 7.05 Å². The predicted molar refractivity (Wildman–Crippen MR) is 63.1 cm³/mol. The topological polar surface area (TPSA) is 46.9 Å². The summed E-state index contributed by atoms with van der Waals surface area (Å²) in [7, 11) is 1.93. The van der Waals surface area contributed by atoms with E-state index in [2.05, 4.69) is 16.5 Å². The van der Waals surface area contributed by atoms with Crippen molar-refractivity contribution >= 4 is 17.3 Å². The quantitative estimate of drug-likeness (QED) is 0.795. The fourth-order valence-electron chi connectivity index (χ4n) is 1.93. The van der Waals surface area contributed by atoms with E-state index in [9.17, 15) is 4.79 Å². The van der Waals surface area contributed by atoms with Gasteiger partial charge in [0.05, 0.1) is 17.3 Å². The Bertz CT molecular complexity index is 530. The molecule has 2 rings (SSSR count). The number of nitrogens with zero attached hydrogens (tertiary/aromatic N) is 2. The summed E-state index contributed by atoms with van der Waals surface area (Å²) in [5.74, 6) is 0. The average molecular weight is 217 g/mol. The van der Waals surface area contributed by atoms with Crippen LogP contribution in [0.15, 0.2) is 18.2 Å². The minimum atomic E-state index is 0.0292. The molecule has 4 nitrogen and oxygen atoms in total. The second-order valence-corrected chi connectivity index (χ2v) is 3.99.